The van der Waals surface area contributed by atoms with Crippen LogP contribution in [0.25, 0.3) is 10.2 Å². The van der Waals surface area contributed by atoms with Gasteiger partial charge in [-0.05, 0) is 30.0 Å². The van der Waals surface area contributed by atoms with Crippen LogP contribution in [0.15, 0.2) is 41.8 Å². The number of carbonyl (C=O) groups is 1. The first kappa shape index (κ1) is 18.5. The summed E-state index contributed by atoms with van der Waals surface area (Å²) in [5.74, 6) is 2.19. The average Bonchev–Trinajstić information content (AvgIpc) is 3.40. The van der Waals surface area contributed by atoms with E-state index >= 15 is 0 Å². The minimum absolute atomic E-state index is 0.00451. The third-order valence-corrected chi connectivity index (χ3v) is 6.77. The molecule has 150 valence electrons. The maximum atomic E-state index is 13.0. The van der Waals surface area contributed by atoms with Gasteiger partial charge in [0.15, 0.2) is 0 Å². The molecule has 7 heteroatoms. The normalized spacial score (nSPS) is 20.7. The van der Waals surface area contributed by atoms with Crippen LogP contribution < -0.4 is 9.80 Å². The highest BCUT2D eigenvalue weighted by Crippen LogP contribution is 2.30. The van der Waals surface area contributed by atoms with Crippen LogP contribution in [0.1, 0.15) is 19.2 Å². The van der Waals surface area contributed by atoms with Gasteiger partial charge in [-0.2, -0.15) is 0 Å². The maximum Gasteiger partial charge on any atom is 0.244 e. The Hall–Kier alpha value is -2.51. The van der Waals surface area contributed by atoms with Crippen molar-refractivity contribution in [2.24, 2.45) is 0 Å². The van der Waals surface area contributed by atoms with Crippen molar-refractivity contribution >= 4 is 39.0 Å². The highest BCUT2D eigenvalue weighted by atomic mass is 32.1. The smallest absolute Gasteiger partial charge is 0.244 e. The predicted molar refractivity (Wildman–Crippen MR) is 118 cm³/mol. The molecule has 2 aliphatic heterocycles. The second-order valence-electron chi connectivity index (χ2n) is 7.61. The van der Waals surface area contributed by atoms with E-state index < -0.39 is 0 Å². The Kier molecular flexibility index (Phi) is 4.93. The first-order chi connectivity index (χ1) is 14.2. The number of aromatic nitrogens is 2. The van der Waals surface area contributed by atoms with Crippen molar-refractivity contribution in [2.75, 3.05) is 42.5 Å². The standard InChI is InChI=1S/C22H25N5OS/c1-2-19-23-20(17-9-15-29-21(17)24-19)26-13-11-25(12-14-26)18-8-10-27(22(18)28)16-6-4-3-5-7-16/h3-7,9,15,18H,2,8,10-14H2,1H3. The molecule has 29 heavy (non-hydrogen) atoms. The molecule has 0 bridgehead atoms. The Morgan fingerprint density at radius 1 is 1.03 bits per heavy atom. The zero-order valence-corrected chi connectivity index (χ0v) is 17.4. The van der Waals surface area contributed by atoms with Gasteiger partial charge in [0.05, 0.1) is 11.4 Å². The quantitative estimate of drug-likeness (QED) is 0.665. The van der Waals surface area contributed by atoms with Crippen LogP contribution >= 0.6 is 11.3 Å². The van der Waals surface area contributed by atoms with Crippen LogP contribution in [0.5, 0.6) is 0 Å². The van der Waals surface area contributed by atoms with Crippen LogP contribution in [0.3, 0.4) is 0 Å². The fourth-order valence-electron chi connectivity index (χ4n) is 4.40. The molecule has 0 aliphatic carbocycles. The third kappa shape index (κ3) is 3.38. The van der Waals surface area contributed by atoms with Crippen molar-refractivity contribution in [2.45, 2.75) is 25.8 Å². The first-order valence-corrected chi connectivity index (χ1v) is 11.2. The number of para-hydroxylation sites is 1. The third-order valence-electron chi connectivity index (χ3n) is 5.97. The minimum atomic E-state index is -0.00451. The Morgan fingerprint density at radius 2 is 1.83 bits per heavy atom. The Labute approximate surface area is 174 Å². The van der Waals surface area contributed by atoms with Crippen molar-refractivity contribution in [3.63, 3.8) is 0 Å². The van der Waals surface area contributed by atoms with Crippen molar-refractivity contribution < 1.29 is 4.79 Å². The zero-order chi connectivity index (χ0) is 19.8. The van der Waals surface area contributed by atoms with E-state index in [0.29, 0.717) is 0 Å². The van der Waals surface area contributed by atoms with E-state index in [0.717, 1.165) is 73.1 Å². The molecule has 1 atom stereocenters. The molecule has 1 unspecified atom stereocenters. The number of fused-ring (bicyclic) bond motifs is 1. The molecule has 2 saturated heterocycles. The van der Waals surface area contributed by atoms with Crippen molar-refractivity contribution in [1.29, 1.82) is 0 Å². The monoisotopic (exact) mass is 407 g/mol. The Balaban J connectivity index is 1.29. The lowest BCUT2D eigenvalue weighted by Gasteiger charge is -2.38. The second-order valence-corrected chi connectivity index (χ2v) is 8.50. The van der Waals surface area contributed by atoms with E-state index in [-0.39, 0.29) is 11.9 Å². The molecule has 0 N–H and O–H groups in total. The van der Waals surface area contributed by atoms with Crippen LogP contribution in [-0.2, 0) is 11.2 Å². The molecule has 1 aromatic carbocycles. The van der Waals surface area contributed by atoms with Gasteiger partial charge in [-0.1, -0.05) is 25.1 Å². The fraction of sp³-hybridized carbons (Fsp3) is 0.409. The van der Waals surface area contributed by atoms with Crippen LogP contribution in [0.2, 0.25) is 0 Å². The molecule has 4 heterocycles. The molecule has 0 spiro atoms. The van der Waals surface area contributed by atoms with Gasteiger partial charge in [0.1, 0.15) is 16.5 Å². The minimum Gasteiger partial charge on any atom is -0.353 e. The van der Waals surface area contributed by atoms with Gasteiger partial charge in [0, 0.05) is 44.8 Å². The van der Waals surface area contributed by atoms with Crippen molar-refractivity contribution in [3.8, 4) is 0 Å². The number of aryl methyl sites for hydroxylation is 1. The van der Waals surface area contributed by atoms with Gasteiger partial charge < -0.3 is 9.80 Å². The molecule has 2 fully saturated rings. The van der Waals surface area contributed by atoms with E-state index in [1.165, 1.54) is 0 Å². The number of benzene rings is 1. The second kappa shape index (κ2) is 7.72. The van der Waals surface area contributed by atoms with Crippen LogP contribution in [-0.4, -0.2) is 59.5 Å². The maximum absolute atomic E-state index is 13.0. The largest absolute Gasteiger partial charge is 0.353 e. The average molecular weight is 408 g/mol. The molecular weight excluding hydrogens is 382 g/mol. The van der Waals surface area contributed by atoms with Crippen LogP contribution in [0.4, 0.5) is 11.5 Å². The SMILES string of the molecule is CCc1nc(N2CCN(C3CCN(c4ccccc4)C3=O)CC2)c2ccsc2n1. The predicted octanol–water partition coefficient (Wildman–Crippen LogP) is 3.18. The summed E-state index contributed by atoms with van der Waals surface area (Å²) in [6.07, 6.45) is 1.74. The highest BCUT2D eigenvalue weighted by Gasteiger charge is 2.38. The molecule has 2 aliphatic rings. The lowest BCUT2D eigenvalue weighted by atomic mass is 10.1. The Morgan fingerprint density at radius 3 is 2.59 bits per heavy atom. The first-order valence-electron chi connectivity index (χ1n) is 10.3. The van der Waals surface area contributed by atoms with Gasteiger partial charge in [-0.25, -0.2) is 9.97 Å². The molecule has 0 saturated carbocycles. The summed E-state index contributed by atoms with van der Waals surface area (Å²) in [4.78, 5) is 30.2. The van der Waals surface area contributed by atoms with Crippen LogP contribution in [0, 0.1) is 0 Å². The summed E-state index contributed by atoms with van der Waals surface area (Å²) in [6, 6.07) is 12.1. The number of hydrogen-bond donors (Lipinski definition) is 0. The number of nitrogens with zero attached hydrogens (tertiary/aromatic N) is 5. The van der Waals surface area contributed by atoms with Gasteiger partial charge >= 0.3 is 0 Å². The number of thiophene rings is 1. The Bertz CT molecular complexity index is 1010. The molecule has 0 radical (unpaired) electrons. The number of piperazine rings is 1. The molecule has 1 amide bonds. The molecular formula is C22H25N5OS. The fourth-order valence-corrected chi connectivity index (χ4v) is 5.17. The van der Waals surface area contributed by atoms with Gasteiger partial charge in [0.2, 0.25) is 5.91 Å². The number of amides is 1. The van der Waals surface area contributed by atoms with Crippen molar-refractivity contribution in [1.82, 2.24) is 14.9 Å². The summed E-state index contributed by atoms with van der Waals surface area (Å²) in [5, 5.41) is 3.24. The van der Waals surface area contributed by atoms with Gasteiger partial charge in [0.25, 0.3) is 0 Å². The summed E-state index contributed by atoms with van der Waals surface area (Å²) in [6.45, 7) is 6.45. The van der Waals surface area contributed by atoms with E-state index in [9.17, 15) is 4.79 Å². The van der Waals surface area contributed by atoms with Gasteiger partial charge in [-0.15, -0.1) is 11.3 Å². The summed E-state index contributed by atoms with van der Waals surface area (Å²) >= 11 is 1.68. The molecule has 3 aromatic rings. The molecule has 5 rings (SSSR count). The van der Waals surface area contributed by atoms with Crippen molar-refractivity contribution in [3.05, 3.63) is 47.6 Å². The van der Waals surface area contributed by atoms with E-state index in [1.54, 1.807) is 11.3 Å². The van der Waals surface area contributed by atoms with E-state index in [1.807, 2.05) is 35.2 Å². The van der Waals surface area contributed by atoms with Gasteiger partial charge in [-0.3, -0.25) is 9.69 Å². The number of hydrogen-bond acceptors (Lipinski definition) is 6. The highest BCUT2D eigenvalue weighted by molar-refractivity contribution is 7.16. The zero-order valence-electron chi connectivity index (χ0n) is 16.6. The lowest BCUT2D eigenvalue weighted by molar-refractivity contribution is -0.121. The van der Waals surface area contributed by atoms with E-state index in [2.05, 4.69) is 33.2 Å². The number of anilines is 2. The topological polar surface area (TPSA) is 52.6 Å². The lowest BCUT2D eigenvalue weighted by Crippen LogP contribution is -2.52. The molecule has 2 aromatic heterocycles. The summed E-state index contributed by atoms with van der Waals surface area (Å²) in [7, 11) is 0. The molecule has 6 nitrogen and oxygen atoms in total. The summed E-state index contributed by atoms with van der Waals surface area (Å²) < 4.78 is 0. The number of rotatable bonds is 4. The van der Waals surface area contributed by atoms with E-state index in [4.69, 9.17) is 4.98 Å². The number of carbonyl (C=O) groups excluding carboxylic acids is 1. The summed E-state index contributed by atoms with van der Waals surface area (Å²) in [5.41, 5.74) is 1.01.